The van der Waals surface area contributed by atoms with E-state index in [1.807, 2.05) is 0 Å². The van der Waals surface area contributed by atoms with E-state index in [-0.39, 0.29) is 10.6 Å². The van der Waals surface area contributed by atoms with Crippen LogP contribution in [0.1, 0.15) is 25.5 Å². The summed E-state index contributed by atoms with van der Waals surface area (Å²) in [5.74, 6) is -0.869. The summed E-state index contributed by atoms with van der Waals surface area (Å²) in [4.78, 5) is 12.5. The van der Waals surface area contributed by atoms with Gasteiger partial charge in [0.25, 0.3) is 0 Å². The van der Waals surface area contributed by atoms with Crippen LogP contribution >= 0.6 is 11.6 Å². The van der Waals surface area contributed by atoms with Gasteiger partial charge in [0.1, 0.15) is 4.75 Å². The molecule has 0 spiro atoms. The van der Waals surface area contributed by atoms with Crippen LogP contribution < -0.4 is 5.32 Å². The van der Waals surface area contributed by atoms with Crippen LogP contribution in [0.5, 0.6) is 0 Å². The lowest BCUT2D eigenvalue weighted by atomic mass is 10.1. The van der Waals surface area contributed by atoms with Crippen molar-refractivity contribution in [3.05, 3.63) is 59.1 Å². The molecule has 1 amide bonds. The number of hydrogen-bond acceptors (Lipinski definition) is 4. The van der Waals surface area contributed by atoms with Crippen LogP contribution in [0.25, 0.3) is 0 Å². The number of benzene rings is 2. The maximum Gasteiger partial charge on any atom is 0.418 e. The van der Waals surface area contributed by atoms with Gasteiger partial charge in [0.2, 0.25) is 5.91 Å². The van der Waals surface area contributed by atoms with E-state index in [9.17, 15) is 31.5 Å². The van der Waals surface area contributed by atoms with E-state index in [0.717, 1.165) is 24.3 Å². The summed E-state index contributed by atoms with van der Waals surface area (Å²) in [6.07, 6.45) is -7.47. The zero-order valence-electron chi connectivity index (χ0n) is 14.8. The Hall–Kier alpha value is -2.10. The number of nitrogens with one attached hydrogen (secondary N) is 1. The van der Waals surface area contributed by atoms with Crippen LogP contribution in [-0.2, 0) is 14.6 Å². The molecular formula is C18H17ClF3NO4S. The number of anilines is 1. The predicted octanol–water partition coefficient (Wildman–Crippen LogP) is 4.13. The fourth-order valence-corrected chi connectivity index (χ4v) is 3.75. The third-order valence-electron chi connectivity index (χ3n) is 4.14. The van der Waals surface area contributed by atoms with Gasteiger partial charge in [-0.15, -0.1) is 0 Å². The average Bonchev–Trinajstić information content (AvgIpc) is 2.61. The Labute approximate surface area is 165 Å². The van der Waals surface area contributed by atoms with E-state index in [4.69, 9.17) is 11.6 Å². The van der Waals surface area contributed by atoms with E-state index in [2.05, 4.69) is 5.32 Å². The van der Waals surface area contributed by atoms with Crippen molar-refractivity contribution >= 4 is 33.0 Å². The first kappa shape index (κ1) is 22.2. The number of carbonyl (C=O) groups is 1. The monoisotopic (exact) mass is 435 g/mol. The van der Waals surface area contributed by atoms with E-state index >= 15 is 0 Å². The largest absolute Gasteiger partial charge is 0.418 e. The smallest absolute Gasteiger partial charge is 0.379 e. The van der Waals surface area contributed by atoms with Crippen LogP contribution in [0.3, 0.4) is 0 Å². The topological polar surface area (TPSA) is 83.5 Å². The molecule has 0 fully saturated rings. The fourth-order valence-electron chi connectivity index (χ4n) is 2.25. The van der Waals surface area contributed by atoms with Crippen LogP contribution in [-0.4, -0.2) is 30.4 Å². The van der Waals surface area contributed by atoms with Crippen LogP contribution in [0.2, 0.25) is 5.02 Å². The maximum atomic E-state index is 12.8. The third kappa shape index (κ3) is 4.48. The molecule has 0 heterocycles. The molecule has 0 radical (unpaired) electrons. The second-order valence-electron chi connectivity index (χ2n) is 6.49. The summed E-state index contributed by atoms with van der Waals surface area (Å²) in [6.45, 7) is 2.43. The molecular weight excluding hydrogens is 419 g/mol. The first-order valence-electron chi connectivity index (χ1n) is 7.93. The Morgan fingerprint density at radius 2 is 1.54 bits per heavy atom. The highest BCUT2D eigenvalue weighted by atomic mass is 35.5. The normalized spacial score (nSPS) is 13.8. The SMILES string of the molecule is CC(C)(C(=O)Nc1ccc(C(O)C(F)(F)F)cc1)S(=O)(=O)c1ccc(Cl)cc1. The molecule has 2 rings (SSSR count). The summed E-state index contributed by atoms with van der Waals surface area (Å²) >= 11 is 5.75. The lowest BCUT2D eigenvalue weighted by Gasteiger charge is -2.24. The van der Waals surface area contributed by atoms with E-state index in [1.165, 1.54) is 38.1 Å². The average molecular weight is 436 g/mol. The van der Waals surface area contributed by atoms with Crippen LogP contribution in [0.4, 0.5) is 18.9 Å². The summed E-state index contributed by atoms with van der Waals surface area (Å²) in [6, 6.07) is 9.60. The molecule has 10 heteroatoms. The molecule has 2 aromatic carbocycles. The summed E-state index contributed by atoms with van der Waals surface area (Å²) in [5, 5.41) is 11.9. The molecule has 1 unspecified atom stereocenters. The first-order chi connectivity index (χ1) is 12.8. The van der Waals surface area contributed by atoms with Crippen molar-refractivity contribution in [2.75, 3.05) is 5.32 Å². The zero-order valence-corrected chi connectivity index (χ0v) is 16.4. The Morgan fingerprint density at radius 1 is 1.04 bits per heavy atom. The summed E-state index contributed by atoms with van der Waals surface area (Å²) in [5.41, 5.74) is -0.318. The molecule has 0 aliphatic carbocycles. The molecule has 2 N–H and O–H groups in total. The van der Waals surface area contributed by atoms with Crippen molar-refractivity contribution in [3.63, 3.8) is 0 Å². The van der Waals surface area contributed by atoms with E-state index < -0.39 is 38.3 Å². The van der Waals surface area contributed by atoms with E-state index in [0.29, 0.717) is 5.02 Å². The number of aliphatic hydroxyl groups is 1. The lowest BCUT2D eigenvalue weighted by molar-refractivity contribution is -0.206. The molecule has 1 atom stereocenters. The lowest BCUT2D eigenvalue weighted by Crippen LogP contribution is -2.44. The molecule has 0 saturated carbocycles. The Balaban J connectivity index is 2.22. The standard InChI is InChI=1S/C18H17ClF3NO4S/c1-17(2,28(26,27)14-9-5-12(19)6-10-14)16(25)23-13-7-3-11(4-8-13)15(24)18(20,21)22/h3-10,15,24H,1-2H3,(H,23,25). The molecule has 5 nitrogen and oxygen atoms in total. The zero-order chi connectivity index (χ0) is 21.3. The quantitative estimate of drug-likeness (QED) is 0.739. The number of alkyl halides is 3. The molecule has 0 bridgehead atoms. The highest BCUT2D eigenvalue weighted by molar-refractivity contribution is 7.93. The second-order valence-corrected chi connectivity index (χ2v) is 9.42. The third-order valence-corrected chi connectivity index (χ3v) is 6.81. The van der Waals surface area contributed by atoms with Gasteiger partial charge in [0.05, 0.1) is 4.90 Å². The number of amides is 1. The molecule has 0 saturated heterocycles. The van der Waals surface area contributed by atoms with Crippen molar-refractivity contribution in [2.45, 2.75) is 35.8 Å². The summed E-state index contributed by atoms with van der Waals surface area (Å²) in [7, 11) is -4.08. The predicted molar refractivity (Wildman–Crippen MR) is 98.8 cm³/mol. The number of rotatable bonds is 5. The van der Waals surface area contributed by atoms with Gasteiger partial charge >= 0.3 is 6.18 Å². The minimum atomic E-state index is -4.82. The van der Waals surface area contributed by atoms with Crippen LogP contribution in [0.15, 0.2) is 53.4 Å². The highest BCUT2D eigenvalue weighted by Crippen LogP contribution is 2.33. The van der Waals surface area contributed by atoms with Gasteiger partial charge < -0.3 is 10.4 Å². The molecule has 2 aromatic rings. The maximum absolute atomic E-state index is 12.8. The van der Waals surface area contributed by atoms with Gasteiger partial charge in [-0.1, -0.05) is 23.7 Å². The number of carbonyl (C=O) groups excluding carboxylic acids is 1. The molecule has 0 aliphatic heterocycles. The first-order valence-corrected chi connectivity index (χ1v) is 9.79. The Kier molecular flexibility index (Phi) is 6.13. The molecule has 152 valence electrons. The van der Waals surface area contributed by atoms with Gasteiger partial charge in [0.15, 0.2) is 15.9 Å². The Bertz CT molecular complexity index is 956. The molecule has 0 aliphatic rings. The van der Waals surface area contributed by atoms with Gasteiger partial charge in [0, 0.05) is 10.7 Å². The van der Waals surface area contributed by atoms with Crippen molar-refractivity contribution < 1.29 is 31.5 Å². The number of sulfone groups is 1. The second kappa shape index (κ2) is 7.73. The minimum absolute atomic E-state index is 0.0857. The van der Waals surface area contributed by atoms with Gasteiger partial charge in [-0.2, -0.15) is 13.2 Å². The van der Waals surface area contributed by atoms with Crippen molar-refractivity contribution in [1.29, 1.82) is 0 Å². The van der Waals surface area contributed by atoms with E-state index in [1.54, 1.807) is 0 Å². The van der Waals surface area contributed by atoms with Crippen LogP contribution in [0, 0.1) is 0 Å². The molecule has 0 aromatic heterocycles. The van der Waals surface area contributed by atoms with Gasteiger partial charge in [-0.3, -0.25) is 4.79 Å². The van der Waals surface area contributed by atoms with Crippen molar-refractivity contribution in [2.24, 2.45) is 0 Å². The molecule has 28 heavy (non-hydrogen) atoms. The van der Waals surface area contributed by atoms with Gasteiger partial charge in [-0.05, 0) is 55.8 Å². The van der Waals surface area contributed by atoms with Crippen molar-refractivity contribution in [1.82, 2.24) is 0 Å². The number of aliphatic hydroxyl groups excluding tert-OH is 1. The fraction of sp³-hybridized carbons (Fsp3) is 0.278. The minimum Gasteiger partial charge on any atom is -0.379 e. The van der Waals surface area contributed by atoms with Gasteiger partial charge in [-0.25, -0.2) is 8.42 Å². The summed E-state index contributed by atoms with van der Waals surface area (Å²) < 4.78 is 61.3. The van der Waals surface area contributed by atoms with Crippen molar-refractivity contribution in [3.8, 4) is 0 Å². The Morgan fingerprint density at radius 3 is 2.00 bits per heavy atom. The number of hydrogen-bond donors (Lipinski definition) is 2. The highest BCUT2D eigenvalue weighted by Gasteiger charge is 2.43. The number of halogens is 4.